The summed E-state index contributed by atoms with van der Waals surface area (Å²) >= 11 is 3.58. The molecule has 0 unspecified atom stereocenters. The Bertz CT molecular complexity index is 640. The van der Waals surface area contributed by atoms with Crippen LogP contribution in [0.5, 0.6) is 0 Å². The average molecular weight is 349 g/mol. The number of nitrogens with zero attached hydrogens (tertiary/aromatic N) is 2. The van der Waals surface area contributed by atoms with Crippen molar-refractivity contribution in [2.45, 2.75) is 38.9 Å². The molecule has 0 bridgehead atoms. The van der Waals surface area contributed by atoms with E-state index in [9.17, 15) is 0 Å². The van der Waals surface area contributed by atoms with Gasteiger partial charge in [0.1, 0.15) is 0 Å². The van der Waals surface area contributed by atoms with Crippen molar-refractivity contribution < 1.29 is 9.31 Å². The SMILES string of the molecule is CC1(C)OB(c2cnc(-n3cccc3)c(Br)c2)OC1(C)C. The lowest BCUT2D eigenvalue weighted by Gasteiger charge is -2.32. The van der Waals surface area contributed by atoms with Gasteiger partial charge in [-0.25, -0.2) is 4.98 Å². The summed E-state index contributed by atoms with van der Waals surface area (Å²) in [6.07, 6.45) is 5.73. The monoisotopic (exact) mass is 348 g/mol. The first-order chi connectivity index (χ1) is 9.80. The van der Waals surface area contributed by atoms with Crippen LogP contribution in [0.3, 0.4) is 0 Å². The van der Waals surface area contributed by atoms with Crippen LogP contribution in [-0.4, -0.2) is 27.9 Å². The van der Waals surface area contributed by atoms with Crippen LogP contribution in [0, 0.1) is 0 Å². The predicted molar refractivity (Wildman–Crippen MR) is 87.0 cm³/mol. The molecule has 21 heavy (non-hydrogen) atoms. The molecule has 1 aliphatic heterocycles. The molecular formula is C15H18BBrN2O2. The quantitative estimate of drug-likeness (QED) is 0.783. The number of pyridine rings is 1. The highest BCUT2D eigenvalue weighted by atomic mass is 79.9. The van der Waals surface area contributed by atoms with Crippen molar-refractivity contribution in [3.8, 4) is 5.82 Å². The fraction of sp³-hybridized carbons (Fsp3) is 0.400. The molecule has 1 saturated heterocycles. The van der Waals surface area contributed by atoms with Crippen molar-refractivity contribution in [2.75, 3.05) is 0 Å². The average Bonchev–Trinajstić information content (AvgIpc) is 2.96. The molecule has 0 radical (unpaired) electrons. The van der Waals surface area contributed by atoms with E-state index in [1.807, 2.05) is 69.1 Å². The fourth-order valence-electron chi connectivity index (χ4n) is 2.22. The van der Waals surface area contributed by atoms with E-state index in [0.29, 0.717) is 0 Å². The van der Waals surface area contributed by atoms with Gasteiger partial charge >= 0.3 is 7.12 Å². The lowest BCUT2D eigenvalue weighted by atomic mass is 9.80. The second-order valence-electron chi connectivity index (χ2n) is 6.25. The Hall–Kier alpha value is -1.11. The summed E-state index contributed by atoms with van der Waals surface area (Å²) in [5, 5.41) is 0. The highest BCUT2D eigenvalue weighted by molar-refractivity contribution is 9.10. The Kier molecular flexibility index (Phi) is 3.51. The molecule has 0 saturated carbocycles. The Morgan fingerprint density at radius 3 is 2.19 bits per heavy atom. The number of aromatic nitrogens is 2. The molecule has 6 heteroatoms. The molecule has 0 aliphatic carbocycles. The van der Waals surface area contributed by atoms with Crippen molar-refractivity contribution in [1.29, 1.82) is 0 Å². The maximum absolute atomic E-state index is 6.05. The lowest BCUT2D eigenvalue weighted by molar-refractivity contribution is 0.00578. The van der Waals surface area contributed by atoms with Crippen LogP contribution >= 0.6 is 15.9 Å². The van der Waals surface area contributed by atoms with Crippen LogP contribution < -0.4 is 5.46 Å². The molecule has 0 aromatic carbocycles. The summed E-state index contributed by atoms with van der Waals surface area (Å²) in [6.45, 7) is 8.18. The predicted octanol–water partition coefficient (Wildman–Crippen LogP) is 2.93. The van der Waals surface area contributed by atoms with Gasteiger partial charge in [0.15, 0.2) is 5.82 Å². The van der Waals surface area contributed by atoms with Gasteiger partial charge in [0.2, 0.25) is 0 Å². The van der Waals surface area contributed by atoms with Crippen molar-refractivity contribution in [2.24, 2.45) is 0 Å². The zero-order valence-corrected chi connectivity index (χ0v) is 14.2. The minimum Gasteiger partial charge on any atom is -0.399 e. The van der Waals surface area contributed by atoms with Gasteiger partial charge in [0, 0.05) is 24.1 Å². The highest BCUT2D eigenvalue weighted by Gasteiger charge is 2.51. The Balaban J connectivity index is 1.90. The van der Waals surface area contributed by atoms with Crippen LogP contribution in [0.4, 0.5) is 0 Å². The molecule has 0 atom stereocenters. The molecule has 0 spiro atoms. The van der Waals surface area contributed by atoms with E-state index in [-0.39, 0.29) is 11.2 Å². The molecule has 3 rings (SSSR count). The molecule has 4 nitrogen and oxygen atoms in total. The summed E-state index contributed by atoms with van der Waals surface area (Å²) in [4.78, 5) is 4.52. The molecule has 1 fully saturated rings. The summed E-state index contributed by atoms with van der Waals surface area (Å²) in [5.41, 5.74) is 0.225. The normalized spacial score (nSPS) is 20.0. The molecule has 0 amide bonds. The molecule has 2 aromatic rings. The van der Waals surface area contributed by atoms with Crippen LogP contribution in [0.2, 0.25) is 0 Å². The van der Waals surface area contributed by atoms with E-state index in [1.54, 1.807) is 0 Å². The van der Waals surface area contributed by atoms with Gasteiger partial charge < -0.3 is 13.9 Å². The van der Waals surface area contributed by atoms with E-state index in [4.69, 9.17) is 9.31 Å². The van der Waals surface area contributed by atoms with Crippen LogP contribution in [0.25, 0.3) is 5.82 Å². The molecule has 1 aliphatic rings. The summed E-state index contributed by atoms with van der Waals surface area (Å²) < 4.78 is 15.0. The van der Waals surface area contributed by atoms with Crippen LogP contribution in [-0.2, 0) is 9.31 Å². The number of halogens is 1. The van der Waals surface area contributed by atoms with Gasteiger partial charge in [-0.2, -0.15) is 0 Å². The first-order valence-corrected chi connectivity index (χ1v) is 7.74. The van der Waals surface area contributed by atoms with Gasteiger partial charge in [-0.1, -0.05) is 0 Å². The highest BCUT2D eigenvalue weighted by Crippen LogP contribution is 2.36. The topological polar surface area (TPSA) is 36.3 Å². The minimum absolute atomic E-state index is 0.344. The lowest BCUT2D eigenvalue weighted by Crippen LogP contribution is -2.41. The molecule has 110 valence electrons. The summed E-state index contributed by atoms with van der Waals surface area (Å²) in [7, 11) is -0.391. The van der Waals surface area contributed by atoms with Gasteiger partial charge in [0.25, 0.3) is 0 Å². The van der Waals surface area contributed by atoms with E-state index in [0.717, 1.165) is 15.8 Å². The standard InChI is InChI=1S/C15H18BBrN2O2/c1-14(2)15(3,4)21-16(20-14)11-9-12(17)13(18-10-11)19-7-5-6-8-19/h5-10H,1-4H3. The van der Waals surface area contributed by atoms with E-state index in [1.165, 1.54) is 0 Å². The van der Waals surface area contributed by atoms with Gasteiger partial charge in [-0.05, 0) is 61.8 Å². The molecule has 3 heterocycles. The molecule has 2 aromatic heterocycles. The number of hydrogen-bond donors (Lipinski definition) is 0. The van der Waals surface area contributed by atoms with Gasteiger partial charge in [0.05, 0.1) is 15.7 Å². The van der Waals surface area contributed by atoms with Crippen molar-refractivity contribution in [3.05, 3.63) is 41.3 Å². The first-order valence-electron chi connectivity index (χ1n) is 6.95. The van der Waals surface area contributed by atoms with Crippen LogP contribution in [0.1, 0.15) is 27.7 Å². The smallest absolute Gasteiger partial charge is 0.399 e. The Labute approximate surface area is 133 Å². The second kappa shape index (κ2) is 4.97. The first kappa shape index (κ1) is 14.8. The summed E-state index contributed by atoms with van der Waals surface area (Å²) in [5.74, 6) is 0.847. The second-order valence-corrected chi connectivity index (χ2v) is 7.11. The van der Waals surface area contributed by atoms with Crippen LogP contribution in [0.15, 0.2) is 41.3 Å². The maximum Gasteiger partial charge on any atom is 0.496 e. The van der Waals surface area contributed by atoms with Gasteiger partial charge in [-0.3, -0.25) is 0 Å². The fourth-order valence-corrected chi connectivity index (χ4v) is 2.79. The third-order valence-corrected chi connectivity index (χ3v) is 4.80. The van der Waals surface area contributed by atoms with Crippen molar-refractivity contribution in [3.63, 3.8) is 0 Å². The van der Waals surface area contributed by atoms with E-state index in [2.05, 4.69) is 20.9 Å². The minimum atomic E-state index is -0.391. The van der Waals surface area contributed by atoms with Gasteiger partial charge in [-0.15, -0.1) is 0 Å². The zero-order valence-electron chi connectivity index (χ0n) is 12.6. The van der Waals surface area contributed by atoms with E-state index >= 15 is 0 Å². The zero-order chi connectivity index (χ0) is 15.3. The van der Waals surface area contributed by atoms with Crippen molar-refractivity contribution in [1.82, 2.24) is 9.55 Å². The number of rotatable bonds is 2. The Morgan fingerprint density at radius 2 is 1.67 bits per heavy atom. The largest absolute Gasteiger partial charge is 0.496 e. The van der Waals surface area contributed by atoms with E-state index < -0.39 is 7.12 Å². The summed E-state index contributed by atoms with van der Waals surface area (Å²) in [6, 6.07) is 5.94. The molecule has 0 N–H and O–H groups in total. The third-order valence-electron chi connectivity index (χ3n) is 4.22. The number of hydrogen-bond acceptors (Lipinski definition) is 3. The van der Waals surface area contributed by atoms with Crippen molar-refractivity contribution >= 4 is 28.5 Å². The third kappa shape index (κ3) is 2.56. The Morgan fingerprint density at radius 1 is 1.10 bits per heavy atom. The molecular weight excluding hydrogens is 331 g/mol. The maximum atomic E-state index is 6.05.